The van der Waals surface area contributed by atoms with Crippen LogP contribution < -0.4 is 44.6 Å². The number of rotatable bonds is 30. The zero-order valence-electron chi connectivity index (χ0n) is 24.1. The third-order valence-electron chi connectivity index (χ3n) is 6.41. The van der Waals surface area contributed by atoms with E-state index in [9.17, 15) is 0 Å². The molecule has 0 aromatic rings. The Hall–Kier alpha value is -0.480. The topological polar surface area (TPSA) is 179 Å². The van der Waals surface area contributed by atoms with Gasteiger partial charge in [0.05, 0.1) is 0 Å². The maximum absolute atomic E-state index is 5.81. The Labute approximate surface area is 228 Å². The van der Waals surface area contributed by atoms with Crippen molar-refractivity contribution in [2.45, 2.75) is 13.3 Å². The van der Waals surface area contributed by atoms with Crippen LogP contribution in [0.25, 0.3) is 0 Å². The molecule has 0 aromatic heterocycles. The summed E-state index contributed by atoms with van der Waals surface area (Å²) >= 11 is 0. The van der Waals surface area contributed by atoms with Crippen molar-refractivity contribution in [1.82, 2.24) is 35.6 Å². The zero-order chi connectivity index (χ0) is 27.4. The average molecular weight is 533 g/mol. The van der Waals surface area contributed by atoms with Gasteiger partial charge in [-0.25, -0.2) is 0 Å². The van der Waals surface area contributed by atoms with Gasteiger partial charge in [0.15, 0.2) is 0 Å². The molecule has 0 bridgehead atoms. The molecule has 12 nitrogen and oxygen atoms in total. The van der Waals surface area contributed by atoms with Crippen LogP contribution in [0.3, 0.4) is 0 Å². The minimum atomic E-state index is 0.666. The Kier molecular flexibility index (Phi) is 28.2. The monoisotopic (exact) mass is 533 g/mol. The van der Waals surface area contributed by atoms with E-state index in [2.05, 4.69) is 42.5 Å². The van der Waals surface area contributed by atoms with Gasteiger partial charge in [-0.2, -0.15) is 0 Å². The SMILES string of the molecule is CCCNCCN(CCNCCN(CCN)CCN)CCN(CCNCCN)CCN(CCN)CCN. The van der Waals surface area contributed by atoms with Crippen molar-refractivity contribution in [1.29, 1.82) is 0 Å². The minimum Gasteiger partial charge on any atom is -0.329 e. The molecule has 224 valence electrons. The van der Waals surface area contributed by atoms with Crippen LogP contribution >= 0.6 is 0 Å². The number of nitrogens with one attached hydrogen (secondary N) is 3. The van der Waals surface area contributed by atoms with Crippen LogP contribution in [0.1, 0.15) is 13.3 Å². The quantitative estimate of drug-likeness (QED) is 0.0423. The first-order valence-electron chi connectivity index (χ1n) is 14.7. The highest BCUT2D eigenvalue weighted by atomic mass is 15.2. The van der Waals surface area contributed by atoms with E-state index >= 15 is 0 Å². The normalized spacial score (nSPS) is 12.2. The third-order valence-corrected chi connectivity index (χ3v) is 6.41. The fourth-order valence-corrected chi connectivity index (χ4v) is 4.24. The van der Waals surface area contributed by atoms with E-state index in [1.165, 1.54) is 0 Å². The summed E-state index contributed by atoms with van der Waals surface area (Å²) in [6.07, 6.45) is 1.16. The van der Waals surface area contributed by atoms with Gasteiger partial charge in [0, 0.05) is 144 Å². The zero-order valence-corrected chi connectivity index (χ0v) is 24.1. The van der Waals surface area contributed by atoms with Gasteiger partial charge in [0.1, 0.15) is 0 Å². The van der Waals surface area contributed by atoms with Crippen molar-refractivity contribution in [3.05, 3.63) is 0 Å². The molecule has 12 heteroatoms. The Morgan fingerprint density at radius 3 is 1.00 bits per heavy atom. The van der Waals surface area contributed by atoms with Crippen LogP contribution in [-0.2, 0) is 0 Å². The van der Waals surface area contributed by atoms with Crippen molar-refractivity contribution in [2.24, 2.45) is 28.7 Å². The molecular formula is C25H64N12. The van der Waals surface area contributed by atoms with Crippen molar-refractivity contribution in [3.8, 4) is 0 Å². The van der Waals surface area contributed by atoms with E-state index in [-0.39, 0.29) is 0 Å². The summed E-state index contributed by atoms with van der Waals surface area (Å²) in [5.41, 5.74) is 28.7. The van der Waals surface area contributed by atoms with Crippen molar-refractivity contribution in [3.63, 3.8) is 0 Å². The van der Waals surface area contributed by atoms with Crippen LogP contribution in [0.5, 0.6) is 0 Å². The molecule has 0 atom stereocenters. The predicted molar refractivity (Wildman–Crippen MR) is 160 cm³/mol. The second-order valence-electron chi connectivity index (χ2n) is 9.56. The van der Waals surface area contributed by atoms with E-state index in [0.717, 1.165) is 124 Å². The summed E-state index contributed by atoms with van der Waals surface area (Å²) in [4.78, 5) is 9.83. The highest BCUT2D eigenvalue weighted by Crippen LogP contribution is 1.96. The van der Waals surface area contributed by atoms with Gasteiger partial charge < -0.3 is 44.6 Å². The Morgan fingerprint density at radius 2 is 0.649 bits per heavy atom. The smallest absolute Gasteiger partial charge is 0.0110 e. The fraction of sp³-hybridized carbons (Fsp3) is 1.00. The third kappa shape index (κ3) is 23.2. The standard InChI is InChI=1S/C25H64N12/c1-2-8-31-10-19-36(20-13-33-12-18-34(14-4-27)15-5-28)23-25-37(21-11-32-9-3-26)24-22-35(16-6-29)17-7-30/h31-33H,2-30H2,1H3. The van der Waals surface area contributed by atoms with Gasteiger partial charge in [-0.1, -0.05) is 6.92 Å². The molecule has 0 amide bonds. The van der Waals surface area contributed by atoms with Gasteiger partial charge >= 0.3 is 0 Å². The van der Waals surface area contributed by atoms with Crippen LogP contribution in [0.2, 0.25) is 0 Å². The van der Waals surface area contributed by atoms with E-state index in [1.54, 1.807) is 0 Å². The highest BCUT2D eigenvalue weighted by Gasteiger charge is 2.12. The molecule has 0 saturated heterocycles. The summed E-state index contributed by atoms with van der Waals surface area (Å²) in [5.74, 6) is 0. The largest absolute Gasteiger partial charge is 0.329 e. The molecule has 0 spiro atoms. The fourth-order valence-electron chi connectivity index (χ4n) is 4.24. The predicted octanol–water partition coefficient (Wildman–Crippen LogP) is -3.83. The number of nitrogens with two attached hydrogens (primary N) is 5. The van der Waals surface area contributed by atoms with Crippen molar-refractivity contribution < 1.29 is 0 Å². The summed E-state index contributed by atoms with van der Waals surface area (Å²) in [6, 6.07) is 0. The minimum absolute atomic E-state index is 0.666. The van der Waals surface area contributed by atoms with E-state index < -0.39 is 0 Å². The Morgan fingerprint density at radius 1 is 0.351 bits per heavy atom. The molecule has 13 N–H and O–H groups in total. The summed E-state index contributed by atoms with van der Waals surface area (Å²) in [6.45, 7) is 23.2. The van der Waals surface area contributed by atoms with Gasteiger partial charge in [-0.3, -0.25) is 19.6 Å². The van der Waals surface area contributed by atoms with Crippen LogP contribution in [0, 0.1) is 0 Å². The van der Waals surface area contributed by atoms with Crippen molar-refractivity contribution in [2.75, 3.05) is 151 Å². The highest BCUT2D eigenvalue weighted by molar-refractivity contribution is 4.70. The molecular weight excluding hydrogens is 468 g/mol. The molecule has 0 unspecified atom stereocenters. The molecule has 0 aliphatic rings. The molecule has 0 fully saturated rings. The van der Waals surface area contributed by atoms with E-state index in [0.29, 0.717) is 32.7 Å². The molecule has 0 rings (SSSR count). The number of hydrogen-bond acceptors (Lipinski definition) is 12. The lowest BCUT2D eigenvalue weighted by Gasteiger charge is -2.30. The maximum atomic E-state index is 5.81. The lowest BCUT2D eigenvalue weighted by atomic mass is 10.3. The molecule has 0 aliphatic carbocycles. The molecule has 0 radical (unpaired) electrons. The Bertz CT molecular complexity index is 434. The van der Waals surface area contributed by atoms with Crippen molar-refractivity contribution >= 4 is 0 Å². The van der Waals surface area contributed by atoms with Gasteiger partial charge in [-0.15, -0.1) is 0 Å². The summed E-state index contributed by atoms with van der Waals surface area (Å²) in [5, 5.41) is 10.6. The van der Waals surface area contributed by atoms with Gasteiger partial charge in [0.25, 0.3) is 0 Å². The first-order chi connectivity index (χ1) is 18.1. The second-order valence-corrected chi connectivity index (χ2v) is 9.56. The van der Waals surface area contributed by atoms with Crippen LogP contribution in [-0.4, -0.2) is 170 Å². The molecule has 0 aliphatic heterocycles. The molecule has 0 heterocycles. The van der Waals surface area contributed by atoms with E-state index in [4.69, 9.17) is 28.7 Å². The number of nitrogens with zero attached hydrogens (tertiary/aromatic N) is 4. The summed E-state index contributed by atoms with van der Waals surface area (Å²) < 4.78 is 0. The van der Waals surface area contributed by atoms with E-state index in [1.807, 2.05) is 0 Å². The lowest BCUT2D eigenvalue weighted by Crippen LogP contribution is -2.46. The summed E-state index contributed by atoms with van der Waals surface area (Å²) in [7, 11) is 0. The van der Waals surface area contributed by atoms with Gasteiger partial charge in [-0.05, 0) is 13.0 Å². The van der Waals surface area contributed by atoms with Crippen LogP contribution in [0.15, 0.2) is 0 Å². The first kappa shape index (κ1) is 36.5. The van der Waals surface area contributed by atoms with Crippen LogP contribution in [0.4, 0.5) is 0 Å². The average Bonchev–Trinajstić information content (AvgIpc) is 2.89. The maximum Gasteiger partial charge on any atom is 0.0110 e. The molecule has 0 aromatic carbocycles. The Balaban J connectivity index is 4.75. The van der Waals surface area contributed by atoms with Gasteiger partial charge in [0.2, 0.25) is 0 Å². The first-order valence-corrected chi connectivity index (χ1v) is 14.7. The molecule has 0 saturated carbocycles. The second kappa shape index (κ2) is 28.5. The lowest BCUT2D eigenvalue weighted by molar-refractivity contribution is 0.178. The number of hydrogen-bond donors (Lipinski definition) is 8. The molecule has 37 heavy (non-hydrogen) atoms.